The number of rotatable bonds is 2. The Balaban J connectivity index is 2.51. The van der Waals surface area contributed by atoms with Crippen molar-refractivity contribution in [3.8, 4) is 5.75 Å². The molecular weight excluding hydrogens is 237 g/mol. The van der Waals surface area contributed by atoms with E-state index >= 15 is 0 Å². The third-order valence-electron chi connectivity index (χ3n) is 2.45. The van der Waals surface area contributed by atoms with E-state index in [-0.39, 0.29) is 24.5 Å². The van der Waals surface area contributed by atoms with Gasteiger partial charge in [0.1, 0.15) is 5.75 Å². The number of halogens is 3. The van der Waals surface area contributed by atoms with Crippen molar-refractivity contribution in [3.05, 3.63) is 29.3 Å². The number of hydrogen-bond acceptors (Lipinski definition) is 3. The van der Waals surface area contributed by atoms with E-state index in [9.17, 15) is 13.2 Å². The summed E-state index contributed by atoms with van der Waals surface area (Å²) in [6.45, 7) is 0.556. The van der Waals surface area contributed by atoms with E-state index in [1.807, 2.05) is 0 Å². The maximum atomic E-state index is 12.9. The highest BCUT2D eigenvalue weighted by Gasteiger charge is 2.38. The Bertz CT molecular complexity index is 397. The van der Waals surface area contributed by atoms with Crippen molar-refractivity contribution in [1.82, 2.24) is 0 Å². The van der Waals surface area contributed by atoms with Crippen LogP contribution in [0.5, 0.6) is 5.75 Å². The van der Waals surface area contributed by atoms with Gasteiger partial charge in [0.2, 0.25) is 0 Å². The second kappa shape index (κ2) is 4.54. The minimum absolute atomic E-state index is 0.0972. The lowest BCUT2D eigenvalue weighted by Crippen LogP contribution is -2.13. The predicted molar refractivity (Wildman–Crippen MR) is 52.6 cm³/mol. The van der Waals surface area contributed by atoms with E-state index in [0.717, 1.165) is 6.07 Å². The molecule has 2 rings (SSSR count). The minimum atomic E-state index is -4.46. The highest BCUT2D eigenvalue weighted by molar-refractivity contribution is 5.43. The van der Waals surface area contributed by atoms with Gasteiger partial charge in [0.15, 0.2) is 6.29 Å². The molecule has 0 atom stereocenters. The second-order valence-electron chi connectivity index (χ2n) is 3.49. The van der Waals surface area contributed by atoms with Crippen LogP contribution in [0.15, 0.2) is 18.2 Å². The molecule has 1 heterocycles. The Labute approximate surface area is 96.1 Å². The van der Waals surface area contributed by atoms with Crippen molar-refractivity contribution in [2.45, 2.75) is 12.5 Å². The van der Waals surface area contributed by atoms with E-state index in [2.05, 4.69) is 0 Å². The molecule has 6 heteroatoms. The molecule has 0 N–H and O–H groups in total. The molecule has 1 aliphatic heterocycles. The van der Waals surface area contributed by atoms with Gasteiger partial charge in [-0.25, -0.2) is 0 Å². The van der Waals surface area contributed by atoms with Crippen LogP contribution in [0.3, 0.4) is 0 Å². The molecule has 0 spiro atoms. The van der Waals surface area contributed by atoms with Crippen LogP contribution in [-0.4, -0.2) is 20.3 Å². The van der Waals surface area contributed by atoms with E-state index in [4.69, 9.17) is 14.2 Å². The van der Waals surface area contributed by atoms with Crippen LogP contribution in [0.25, 0.3) is 0 Å². The summed E-state index contributed by atoms with van der Waals surface area (Å²) in [5, 5.41) is 0. The molecule has 1 aliphatic rings. The molecule has 0 unspecified atom stereocenters. The maximum Gasteiger partial charge on any atom is 0.417 e. The first-order valence-corrected chi connectivity index (χ1v) is 5.01. The second-order valence-corrected chi connectivity index (χ2v) is 3.49. The summed E-state index contributed by atoms with van der Waals surface area (Å²) >= 11 is 0. The fraction of sp³-hybridized carbons (Fsp3) is 0.455. The number of ether oxygens (including phenoxy) is 3. The highest BCUT2D eigenvalue weighted by Crippen LogP contribution is 2.41. The standard InChI is InChI=1S/C11H11F3O3/c1-15-8-4-2-3-7(11(12,13)14)9(8)10-16-5-6-17-10/h2-4,10H,5-6H2,1H3. The van der Waals surface area contributed by atoms with E-state index in [0.29, 0.717) is 0 Å². The van der Waals surface area contributed by atoms with Crippen LogP contribution >= 0.6 is 0 Å². The first-order chi connectivity index (χ1) is 8.04. The van der Waals surface area contributed by atoms with Crippen LogP contribution in [0.2, 0.25) is 0 Å². The summed E-state index contributed by atoms with van der Waals surface area (Å²) in [6, 6.07) is 3.73. The first kappa shape index (κ1) is 12.2. The smallest absolute Gasteiger partial charge is 0.417 e. The van der Waals surface area contributed by atoms with Gasteiger partial charge in [0, 0.05) is 0 Å². The predicted octanol–water partition coefficient (Wildman–Crippen LogP) is 2.76. The molecule has 1 aromatic carbocycles. The number of benzene rings is 1. The van der Waals surface area contributed by atoms with Gasteiger partial charge in [-0.3, -0.25) is 0 Å². The SMILES string of the molecule is COc1cccc(C(F)(F)F)c1C1OCCO1. The van der Waals surface area contributed by atoms with Crippen molar-refractivity contribution >= 4 is 0 Å². The summed E-state index contributed by atoms with van der Waals surface area (Å²) in [5.74, 6) is 0.117. The van der Waals surface area contributed by atoms with Gasteiger partial charge in [-0.15, -0.1) is 0 Å². The van der Waals surface area contributed by atoms with Crippen molar-refractivity contribution in [2.24, 2.45) is 0 Å². The molecule has 0 aliphatic carbocycles. The van der Waals surface area contributed by atoms with E-state index in [1.165, 1.54) is 19.2 Å². The summed E-state index contributed by atoms with van der Waals surface area (Å²) in [4.78, 5) is 0. The first-order valence-electron chi connectivity index (χ1n) is 5.01. The molecular formula is C11H11F3O3. The molecule has 94 valence electrons. The quantitative estimate of drug-likeness (QED) is 0.805. The molecule has 17 heavy (non-hydrogen) atoms. The maximum absolute atomic E-state index is 12.9. The minimum Gasteiger partial charge on any atom is -0.496 e. The monoisotopic (exact) mass is 248 g/mol. The number of methoxy groups -OCH3 is 1. The van der Waals surface area contributed by atoms with Crippen LogP contribution in [-0.2, 0) is 15.7 Å². The van der Waals surface area contributed by atoms with Crippen molar-refractivity contribution in [1.29, 1.82) is 0 Å². The van der Waals surface area contributed by atoms with Gasteiger partial charge >= 0.3 is 6.18 Å². The van der Waals surface area contributed by atoms with Crippen LogP contribution in [0.1, 0.15) is 17.4 Å². The van der Waals surface area contributed by atoms with Gasteiger partial charge in [-0.05, 0) is 12.1 Å². The largest absolute Gasteiger partial charge is 0.496 e. The van der Waals surface area contributed by atoms with Gasteiger partial charge < -0.3 is 14.2 Å². The molecule has 0 radical (unpaired) electrons. The van der Waals surface area contributed by atoms with Crippen LogP contribution in [0, 0.1) is 0 Å². The zero-order chi connectivity index (χ0) is 12.5. The van der Waals surface area contributed by atoms with Crippen LogP contribution < -0.4 is 4.74 Å². The van der Waals surface area contributed by atoms with Crippen molar-refractivity contribution < 1.29 is 27.4 Å². The van der Waals surface area contributed by atoms with Gasteiger partial charge in [0.05, 0.1) is 31.5 Å². The Kier molecular flexibility index (Phi) is 3.26. The molecule has 0 bridgehead atoms. The fourth-order valence-corrected chi connectivity index (χ4v) is 1.74. The van der Waals surface area contributed by atoms with Gasteiger partial charge in [0.25, 0.3) is 0 Å². The summed E-state index contributed by atoms with van der Waals surface area (Å²) < 4.78 is 53.7. The zero-order valence-corrected chi connectivity index (χ0v) is 9.08. The topological polar surface area (TPSA) is 27.7 Å². The molecule has 1 fully saturated rings. The molecule has 0 aromatic heterocycles. The molecule has 0 amide bonds. The Morgan fingerprint density at radius 2 is 1.88 bits per heavy atom. The van der Waals surface area contributed by atoms with E-state index < -0.39 is 18.0 Å². The van der Waals surface area contributed by atoms with Crippen molar-refractivity contribution in [3.63, 3.8) is 0 Å². The lowest BCUT2D eigenvalue weighted by molar-refractivity contribution is -0.142. The average molecular weight is 248 g/mol. The summed E-state index contributed by atoms with van der Waals surface area (Å²) in [5.41, 5.74) is -0.885. The summed E-state index contributed by atoms with van der Waals surface area (Å²) in [6.07, 6.45) is -5.47. The fourth-order valence-electron chi connectivity index (χ4n) is 1.74. The van der Waals surface area contributed by atoms with Crippen molar-refractivity contribution in [2.75, 3.05) is 20.3 Å². The highest BCUT2D eigenvalue weighted by atomic mass is 19.4. The molecule has 0 saturated carbocycles. The molecule has 1 aromatic rings. The Hall–Kier alpha value is -1.27. The normalized spacial score (nSPS) is 17.4. The third-order valence-corrected chi connectivity index (χ3v) is 2.45. The van der Waals surface area contributed by atoms with E-state index in [1.54, 1.807) is 0 Å². The Morgan fingerprint density at radius 1 is 1.24 bits per heavy atom. The summed E-state index contributed by atoms with van der Waals surface area (Å²) in [7, 11) is 1.31. The van der Waals surface area contributed by atoms with Gasteiger partial charge in [-0.1, -0.05) is 6.07 Å². The lowest BCUT2D eigenvalue weighted by atomic mass is 10.1. The number of hydrogen-bond donors (Lipinski definition) is 0. The van der Waals surface area contributed by atoms with Gasteiger partial charge in [-0.2, -0.15) is 13.2 Å². The molecule has 3 nitrogen and oxygen atoms in total. The molecule has 1 saturated heterocycles. The third kappa shape index (κ3) is 2.37. The lowest BCUT2D eigenvalue weighted by Gasteiger charge is -2.19. The van der Waals surface area contributed by atoms with Crippen LogP contribution in [0.4, 0.5) is 13.2 Å². The Morgan fingerprint density at radius 3 is 2.41 bits per heavy atom. The average Bonchev–Trinajstić information content (AvgIpc) is 2.80. The zero-order valence-electron chi connectivity index (χ0n) is 9.08. The number of alkyl halides is 3.